The number of nitrogens with zero attached hydrogens (tertiary/aromatic N) is 1. The Morgan fingerprint density at radius 1 is 1.00 bits per heavy atom. The lowest BCUT2D eigenvalue weighted by Gasteiger charge is -2.11. The highest BCUT2D eigenvalue weighted by Crippen LogP contribution is 2.33. The molecule has 0 saturated carbocycles. The number of imide groups is 1. The summed E-state index contributed by atoms with van der Waals surface area (Å²) in [6.07, 6.45) is 1.45. The molecule has 2 amide bonds. The molecule has 1 aliphatic rings. The van der Waals surface area contributed by atoms with Crippen LogP contribution < -0.4 is 0 Å². The van der Waals surface area contributed by atoms with E-state index in [2.05, 4.69) is 4.74 Å². The van der Waals surface area contributed by atoms with Crippen molar-refractivity contribution in [2.24, 2.45) is 0 Å². The van der Waals surface area contributed by atoms with Crippen LogP contribution in [0.5, 0.6) is 0 Å². The van der Waals surface area contributed by atoms with Crippen LogP contribution in [0.2, 0.25) is 0 Å². The maximum absolute atomic E-state index is 12.7. The summed E-state index contributed by atoms with van der Waals surface area (Å²) >= 11 is 0.725. The summed E-state index contributed by atoms with van der Waals surface area (Å²) in [5.41, 5.74) is 1.94. The first-order valence-electron chi connectivity index (χ1n) is 10.2. The molecule has 0 spiro atoms. The summed E-state index contributed by atoms with van der Waals surface area (Å²) in [6, 6.07) is 19.1. The number of rotatable bonds is 7. The number of furan rings is 1. The van der Waals surface area contributed by atoms with Crippen LogP contribution in [0, 0.1) is 0 Å². The molecule has 0 aliphatic carbocycles. The highest BCUT2D eigenvalue weighted by molar-refractivity contribution is 8.18. The minimum absolute atomic E-state index is 0.0571. The number of hydrogen-bond acceptors (Lipinski definition) is 8. The smallest absolute Gasteiger partial charge is 0.337 e. The number of benzene rings is 2. The molecule has 3 aromatic rings. The van der Waals surface area contributed by atoms with E-state index >= 15 is 0 Å². The van der Waals surface area contributed by atoms with Gasteiger partial charge in [0.15, 0.2) is 0 Å². The summed E-state index contributed by atoms with van der Waals surface area (Å²) in [4.78, 5) is 49.6. The average Bonchev–Trinajstić information content (AvgIpc) is 3.43. The molecule has 34 heavy (non-hydrogen) atoms. The molecule has 0 bridgehead atoms. The molecule has 8 nitrogen and oxygen atoms in total. The Hall–Kier alpha value is -4.11. The Bertz CT molecular complexity index is 1260. The first-order valence-corrected chi connectivity index (χ1v) is 11.0. The van der Waals surface area contributed by atoms with E-state index in [-0.39, 0.29) is 11.5 Å². The molecular weight excluding hydrogens is 458 g/mol. The normalized spacial score (nSPS) is 14.5. The Morgan fingerprint density at radius 3 is 2.44 bits per heavy atom. The zero-order valence-electron chi connectivity index (χ0n) is 18.1. The topological polar surface area (TPSA) is 103 Å². The third-order valence-corrected chi connectivity index (χ3v) is 5.80. The molecule has 0 N–H and O–H groups in total. The van der Waals surface area contributed by atoms with Gasteiger partial charge < -0.3 is 13.9 Å². The van der Waals surface area contributed by atoms with Gasteiger partial charge in [-0.05, 0) is 41.6 Å². The zero-order chi connectivity index (χ0) is 24.1. The molecule has 1 saturated heterocycles. The average molecular weight is 477 g/mol. The fourth-order valence-electron chi connectivity index (χ4n) is 3.15. The van der Waals surface area contributed by atoms with E-state index in [1.807, 2.05) is 18.2 Å². The van der Waals surface area contributed by atoms with Crippen LogP contribution in [0.25, 0.3) is 17.4 Å². The molecule has 1 aliphatic heterocycles. The van der Waals surface area contributed by atoms with Gasteiger partial charge in [-0.15, -0.1) is 0 Å². The zero-order valence-corrected chi connectivity index (χ0v) is 18.9. The summed E-state index contributed by atoms with van der Waals surface area (Å²) in [6.45, 7) is -0.410. The number of amides is 2. The van der Waals surface area contributed by atoms with Crippen LogP contribution in [-0.2, 0) is 25.7 Å². The molecular formula is C25H19NO7S. The van der Waals surface area contributed by atoms with Crippen LogP contribution in [0.15, 0.2) is 76.1 Å². The van der Waals surface area contributed by atoms with Crippen molar-refractivity contribution >= 4 is 40.9 Å². The fourth-order valence-corrected chi connectivity index (χ4v) is 3.97. The number of hydrogen-bond donors (Lipinski definition) is 0. The lowest BCUT2D eigenvalue weighted by molar-refractivity contribution is -0.147. The monoisotopic (exact) mass is 477 g/mol. The van der Waals surface area contributed by atoms with Gasteiger partial charge in [-0.2, -0.15) is 0 Å². The molecule has 2 aromatic carbocycles. The second kappa shape index (κ2) is 10.2. The molecule has 172 valence electrons. The van der Waals surface area contributed by atoms with Gasteiger partial charge in [0, 0.05) is 11.6 Å². The molecule has 4 rings (SSSR count). The SMILES string of the molecule is COC(=O)c1ccc(-c2ccc(/C=C3/SC(=O)N(CC(=O)OCc4ccccc4)C3=O)o2)cc1. The second-order valence-electron chi connectivity index (χ2n) is 7.19. The number of ether oxygens (including phenoxy) is 2. The fraction of sp³-hybridized carbons (Fsp3) is 0.120. The van der Waals surface area contributed by atoms with Gasteiger partial charge in [-0.3, -0.25) is 19.3 Å². The molecule has 9 heteroatoms. The van der Waals surface area contributed by atoms with Crippen molar-refractivity contribution in [3.63, 3.8) is 0 Å². The first kappa shape index (κ1) is 23.1. The van der Waals surface area contributed by atoms with Crippen molar-refractivity contribution in [2.45, 2.75) is 6.61 Å². The molecule has 1 aromatic heterocycles. The van der Waals surface area contributed by atoms with Crippen molar-refractivity contribution in [2.75, 3.05) is 13.7 Å². The summed E-state index contributed by atoms with van der Waals surface area (Å²) in [7, 11) is 1.31. The molecule has 0 radical (unpaired) electrons. The van der Waals surface area contributed by atoms with Gasteiger partial charge in [0.25, 0.3) is 11.1 Å². The van der Waals surface area contributed by atoms with Gasteiger partial charge in [0.05, 0.1) is 17.6 Å². The molecule has 2 heterocycles. The largest absolute Gasteiger partial charge is 0.465 e. The standard InChI is InChI=1S/C25H19NO7S/c1-31-24(29)18-9-7-17(8-10-18)20-12-11-19(33-20)13-21-23(28)26(25(30)34-21)14-22(27)32-15-16-5-3-2-4-6-16/h2-13H,14-15H2,1H3/b21-13+. The Balaban J connectivity index is 1.40. The minimum atomic E-state index is -0.678. The minimum Gasteiger partial charge on any atom is -0.465 e. The lowest BCUT2D eigenvalue weighted by Crippen LogP contribution is -2.34. The van der Waals surface area contributed by atoms with E-state index in [1.54, 1.807) is 48.5 Å². The van der Waals surface area contributed by atoms with Crippen LogP contribution in [0.1, 0.15) is 21.7 Å². The maximum Gasteiger partial charge on any atom is 0.337 e. The van der Waals surface area contributed by atoms with Gasteiger partial charge in [-0.1, -0.05) is 42.5 Å². The van der Waals surface area contributed by atoms with E-state index in [0.717, 1.165) is 27.8 Å². The molecule has 0 atom stereocenters. The predicted molar refractivity (Wildman–Crippen MR) is 124 cm³/mol. The number of carbonyl (C=O) groups excluding carboxylic acids is 4. The van der Waals surface area contributed by atoms with E-state index in [0.29, 0.717) is 17.1 Å². The highest BCUT2D eigenvalue weighted by atomic mass is 32.2. The van der Waals surface area contributed by atoms with Crippen molar-refractivity contribution in [3.05, 3.63) is 88.5 Å². The second-order valence-corrected chi connectivity index (χ2v) is 8.18. The van der Waals surface area contributed by atoms with Crippen LogP contribution in [0.3, 0.4) is 0 Å². The first-order chi connectivity index (χ1) is 16.4. The third kappa shape index (κ3) is 5.26. The van der Waals surface area contributed by atoms with E-state index < -0.39 is 29.6 Å². The van der Waals surface area contributed by atoms with Gasteiger partial charge in [-0.25, -0.2) is 4.79 Å². The van der Waals surface area contributed by atoms with Gasteiger partial charge in [0.2, 0.25) is 0 Å². The van der Waals surface area contributed by atoms with Crippen LogP contribution >= 0.6 is 11.8 Å². The van der Waals surface area contributed by atoms with Crippen molar-refractivity contribution in [1.29, 1.82) is 0 Å². The Kier molecular flexibility index (Phi) is 6.93. The van der Waals surface area contributed by atoms with Crippen molar-refractivity contribution < 1.29 is 33.1 Å². The van der Waals surface area contributed by atoms with E-state index in [1.165, 1.54) is 13.2 Å². The van der Waals surface area contributed by atoms with Crippen LogP contribution in [0.4, 0.5) is 4.79 Å². The van der Waals surface area contributed by atoms with Gasteiger partial charge >= 0.3 is 11.9 Å². The summed E-state index contributed by atoms with van der Waals surface area (Å²) in [5.74, 6) is -0.822. The number of carbonyl (C=O) groups is 4. The number of methoxy groups -OCH3 is 1. The van der Waals surface area contributed by atoms with Crippen LogP contribution in [-0.4, -0.2) is 41.6 Å². The molecule has 1 fully saturated rings. The molecule has 0 unspecified atom stereocenters. The van der Waals surface area contributed by atoms with E-state index in [9.17, 15) is 19.2 Å². The highest BCUT2D eigenvalue weighted by Gasteiger charge is 2.37. The van der Waals surface area contributed by atoms with Crippen molar-refractivity contribution in [1.82, 2.24) is 4.90 Å². The predicted octanol–water partition coefficient (Wildman–Crippen LogP) is 4.51. The van der Waals surface area contributed by atoms with Gasteiger partial charge in [0.1, 0.15) is 24.7 Å². The van der Waals surface area contributed by atoms with E-state index in [4.69, 9.17) is 9.15 Å². The summed E-state index contributed by atoms with van der Waals surface area (Å²) in [5, 5.41) is -0.557. The third-order valence-electron chi connectivity index (χ3n) is 4.89. The maximum atomic E-state index is 12.7. The number of esters is 2. The summed E-state index contributed by atoms with van der Waals surface area (Å²) < 4.78 is 15.6. The lowest BCUT2D eigenvalue weighted by atomic mass is 10.1. The van der Waals surface area contributed by atoms with Crippen molar-refractivity contribution in [3.8, 4) is 11.3 Å². The Labute approximate surface area is 199 Å². The number of thioether (sulfide) groups is 1. The quantitative estimate of drug-likeness (QED) is 0.362. The Morgan fingerprint density at radius 2 is 1.74 bits per heavy atom.